The van der Waals surface area contributed by atoms with Crippen molar-refractivity contribution in [3.63, 3.8) is 0 Å². The molecule has 5 heteroatoms. The Morgan fingerprint density at radius 2 is 1.65 bits per heavy atom. The molecule has 2 aromatic carbocycles. The molecule has 0 aliphatic rings. The van der Waals surface area contributed by atoms with Gasteiger partial charge in [0.05, 0.1) is 0 Å². The van der Waals surface area contributed by atoms with Crippen LogP contribution in [-0.2, 0) is 4.79 Å². The first-order valence-corrected chi connectivity index (χ1v) is 8.99. The third-order valence-corrected chi connectivity index (χ3v) is 4.14. The smallest absolute Gasteiger partial charge is 0.251 e. The van der Waals surface area contributed by atoms with Gasteiger partial charge >= 0.3 is 0 Å². The molecule has 2 amide bonds. The fourth-order valence-corrected chi connectivity index (χ4v) is 2.49. The molecule has 1 unspecified atom stereocenters. The van der Waals surface area contributed by atoms with Crippen molar-refractivity contribution in [2.75, 3.05) is 17.2 Å². The topological polar surface area (TPSA) is 70.2 Å². The van der Waals surface area contributed by atoms with Gasteiger partial charge in [0, 0.05) is 35.9 Å². The Morgan fingerprint density at radius 3 is 2.31 bits per heavy atom. The summed E-state index contributed by atoms with van der Waals surface area (Å²) >= 11 is 0. The Morgan fingerprint density at radius 1 is 0.962 bits per heavy atom. The lowest BCUT2D eigenvalue weighted by Crippen LogP contribution is -2.39. The van der Waals surface area contributed by atoms with Crippen LogP contribution in [0.15, 0.2) is 54.6 Å². The van der Waals surface area contributed by atoms with Crippen molar-refractivity contribution in [1.29, 1.82) is 0 Å². The molecule has 0 aliphatic carbocycles. The summed E-state index contributed by atoms with van der Waals surface area (Å²) in [6.45, 7) is 6.54. The van der Waals surface area contributed by atoms with E-state index >= 15 is 0 Å². The number of anilines is 2. The largest absolute Gasteiger partial charge is 0.380 e. The summed E-state index contributed by atoms with van der Waals surface area (Å²) in [4.78, 5) is 24.0. The molecule has 26 heavy (non-hydrogen) atoms. The van der Waals surface area contributed by atoms with Crippen LogP contribution in [0.2, 0.25) is 0 Å². The van der Waals surface area contributed by atoms with Gasteiger partial charge in [0.1, 0.15) is 0 Å². The van der Waals surface area contributed by atoms with Crippen molar-refractivity contribution in [2.45, 2.75) is 33.2 Å². The third-order valence-electron chi connectivity index (χ3n) is 4.14. The van der Waals surface area contributed by atoms with E-state index in [1.54, 1.807) is 31.2 Å². The molecular weight excluding hydrogens is 326 g/mol. The van der Waals surface area contributed by atoms with Crippen molar-refractivity contribution in [3.8, 4) is 0 Å². The Labute approximate surface area is 155 Å². The number of hydrogen-bond donors (Lipinski definition) is 3. The predicted molar refractivity (Wildman–Crippen MR) is 106 cm³/mol. The molecule has 0 saturated carbocycles. The van der Waals surface area contributed by atoms with Crippen LogP contribution in [0.4, 0.5) is 11.4 Å². The van der Waals surface area contributed by atoms with Crippen LogP contribution >= 0.6 is 0 Å². The monoisotopic (exact) mass is 353 g/mol. The van der Waals surface area contributed by atoms with Crippen molar-refractivity contribution in [3.05, 3.63) is 60.2 Å². The summed E-state index contributed by atoms with van der Waals surface area (Å²) in [7, 11) is 0. The van der Waals surface area contributed by atoms with Crippen LogP contribution in [0, 0.1) is 5.92 Å². The number of nitrogens with one attached hydrogen (secondary N) is 3. The van der Waals surface area contributed by atoms with Gasteiger partial charge < -0.3 is 16.0 Å². The van der Waals surface area contributed by atoms with E-state index in [0.29, 0.717) is 30.1 Å². The highest BCUT2D eigenvalue weighted by molar-refractivity contribution is 5.97. The van der Waals surface area contributed by atoms with Gasteiger partial charge in [0.25, 0.3) is 5.91 Å². The summed E-state index contributed by atoms with van der Waals surface area (Å²) in [5.74, 6) is 0.123. The van der Waals surface area contributed by atoms with Gasteiger partial charge in [-0.2, -0.15) is 0 Å². The first kappa shape index (κ1) is 19.5. The molecule has 3 N–H and O–H groups in total. The van der Waals surface area contributed by atoms with Crippen molar-refractivity contribution in [2.24, 2.45) is 5.92 Å². The normalized spacial score (nSPS) is 11.7. The minimum atomic E-state index is -0.155. The first-order valence-electron chi connectivity index (χ1n) is 8.99. The number of benzene rings is 2. The highest BCUT2D eigenvalue weighted by Crippen LogP contribution is 2.13. The lowest BCUT2D eigenvalue weighted by molar-refractivity contribution is -0.115. The van der Waals surface area contributed by atoms with Crippen LogP contribution in [0.5, 0.6) is 0 Å². The fourth-order valence-electron chi connectivity index (χ4n) is 2.49. The second-order valence-electron chi connectivity index (χ2n) is 6.55. The molecule has 0 aromatic heterocycles. The number of carbonyl (C=O) groups excluding carboxylic acids is 2. The van der Waals surface area contributed by atoms with E-state index in [-0.39, 0.29) is 17.9 Å². The minimum Gasteiger partial charge on any atom is -0.380 e. The highest BCUT2D eigenvalue weighted by Gasteiger charge is 2.15. The van der Waals surface area contributed by atoms with Gasteiger partial charge in [-0.3, -0.25) is 9.59 Å². The first-order chi connectivity index (χ1) is 12.5. The Kier molecular flexibility index (Phi) is 7.21. The van der Waals surface area contributed by atoms with Gasteiger partial charge in [-0.15, -0.1) is 0 Å². The van der Waals surface area contributed by atoms with E-state index in [1.165, 1.54) is 0 Å². The number of amides is 2. The standard InChI is InChI=1S/C21H27N3O2/c1-4-20(25)24-18-12-8-9-16(13-18)21(26)22-14-19(15(2)3)23-17-10-6-5-7-11-17/h5-13,15,19,23H,4,14H2,1-3H3,(H,22,26)(H,24,25). The SMILES string of the molecule is CCC(=O)Nc1cccc(C(=O)NCC(Nc2ccccc2)C(C)C)c1. The maximum Gasteiger partial charge on any atom is 0.251 e. The van der Waals surface area contributed by atoms with Crippen LogP contribution in [0.1, 0.15) is 37.6 Å². The molecule has 138 valence electrons. The van der Waals surface area contributed by atoms with E-state index < -0.39 is 0 Å². The molecule has 2 rings (SSSR count). The molecule has 0 bridgehead atoms. The Balaban J connectivity index is 1.97. The van der Waals surface area contributed by atoms with Crippen LogP contribution in [0.25, 0.3) is 0 Å². The van der Waals surface area contributed by atoms with E-state index in [1.807, 2.05) is 30.3 Å². The van der Waals surface area contributed by atoms with Gasteiger partial charge in [-0.05, 0) is 36.2 Å². The summed E-state index contributed by atoms with van der Waals surface area (Å²) in [6.07, 6.45) is 0.400. The zero-order chi connectivity index (χ0) is 18.9. The molecule has 0 heterocycles. The van der Waals surface area contributed by atoms with Crippen molar-refractivity contribution >= 4 is 23.2 Å². The summed E-state index contributed by atoms with van der Waals surface area (Å²) in [6, 6.07) is 17.0. The molecular formula is C21H27N3O2. The van der Waals surface area contributed by atoms with Crippen LogP contribution in [-0.4, -0.2) is 24.4 Å². The van der Waals surface area contributed by atoms with Gasteiger partial charge in [0.2, 0.25) is 5.91 Å². The molecule has 5 nitrogen and oxygen atoms in total. The average Bonchev–Trinajstić information content (AvgIpc) is 2.65. The van der Waals surface area contributed by atoms with Crippen LogP contribution < -0.4 is 16.0 Å². The molecule has 2 aromatic rings. The van der Waals surface area contributed by atoms with E-state index in [4.69, 9.17) is 0 Å². The number of carbonyl (C=O) groups is 2. The maximum absolute atomic E-state index is 12.5. The quantitative estimate of drug-likeness (QED) is 0.674. The fraction of sp³-hybridized carbons (Fsp3) is 0.333. The lowest BCUT2D eigenvalue weighted by atomic mass is 10.0. The average molecular weight is 353 g/mol. The maximum atomic E-state index is 12.5. The zero-order valence-corrected chi connectivity index (χ0v) is 15.6. The molecule has 0 aliphatic heterocycles. The van der Waals surface area contributed by atoms with E-state index in [2.05, 4.69) is 29.8 Å². The zero-order valence-electron chi connectivity index (χ0n) is 15.6. The third kappa shape index (κ3) is 5.92. The van der Waals surface area contributed by atoms with Crippen molar-refractivity contribution < 1.29 is 9.59 Å². The van der Waals surface area contributed by atoms with E-state index in [0.717, 1.165) is 5.69 Å². The van der Waals surface area contributed by atoms with Gasteiger partial charge in [-0.25, -0.2) is 0 Å². The second-order valence-corrected chi connectivity index (χ2v) is 6.55. The summed E-state index contributed by atoms with van der Waals surface area (Å²) in [5.41, 5.74) is 2.19. The highest BCUT2D eigenvalue weighted by atomic mass is 16.2. The lowest BCUT2D eigenvalue weighted by Gasteiger charge is -2.24. The second kappa shape index (κ2) is 9.61. The number of hydrogen-bond acceptors (Lipinski definition) is 3. The summed E-state index contributed by atoms with van der Waals surface area (Å²) < 4.78 is 0. The molecule has 0 radical (unpaired) electrons. The van der Waals surface area contributed by atoms with Crippen LogP contribution in [0.3, 0.4) is 0 Å². The summed E-state index contributed by atoms with van der Waals surface area (Å²) in [5, 5.41) is 9.21. The minimum absolute atomic E-state index is 0.0745. The Hall–Kier alpha value is -2.82. The predicted octanol–water partition coefficient (Wildman–Crippen LogP) is 3.90. The number of rotatable bonds is 8. The number of para-hydroxylation sites is 1. The molecule has 0 spiro atoms. The molecule has 0 fully saturated rings. The van der Waals surface area contributed by atoms with Gasteiger partial charge in [0.15, 0.2) is 0 Å². The molecule has 1 atom stereocenters. The van der Waals surface area contributed by atoms with E-state index in [9.17, 15) is 9.59 Å². The Bertz CT molecular complexity index is 729. The molecule has 0 saturated heterocycles. The van der Waals surface area contributed by atoms with Crippen molar-refractivity contribution in [1.82, 2.24) is 5.32 Å². The van der Waals surface area contributed by atoms with Gasteiger partial charge in [-0.1, -0.05) is 45.0 Å².